The number of unbranched alkanes of at least 4 members (excludes halogenated alkanes) is 17. The molecule has 0 aliphatic heterocycles. The van der Waals surface area contributed by atoms with Crippen LogP contribution >= 0.6 is 0 Å². The summed E-state index contributed by atoms with van der Waals surface area (Å²) in [4.78, 5) is 24.8. The van der Waals surface area contributed by atoms with Crippen LogP contribution in [0.4, 0.5) is 4.79 Å². The minimum atomic E-state index is -0.0599. The van der Waals surface area contributed by atoms with Gasteiger partial charge in [-0.15, -0.1) is 0 Å². The van der Waals surface area contributed by atoms with E-state index in [-0.39, 0.29) is 11.9 Å². The van der Waals surface area contributed by atoms with Gasteiger partial charge in [-0.2, -0.15) is 0 Å². The third kappa shape index (κ3) is 23.4. The second-order valence-corrected chi connectivity index (χ2v) is 9.58. The Bertz CT molecular complexity index is 427. The van der Waals surface area contributed by atoms with E-state index in [9.17, 15) is 9.59 Å². The van der Waals surface area contributed by atoms with Crippen molar-refractivity contribution in [2.45, 2.75) is 135 Å². The van der Waals surface area contributed by atoms with Crippen molar-refractivity contribution >= 4 is 11.9 Å². The third-order valence-corrected chi connectivity index (χ3v) is 6.17. The van der Waals surface area contributed by atoms with Gasteiger partial charge >= 0.3 is 6.03 Å². The van der Waals surface area contributed by atoms with Crippen LogP contribution < -0.4 is 10.6 Å². The fourth-order valence-electron chi connectivity index (χ4n) is 3.94. The van der Waals surface area contributed by atoms with Crippen molar-refractivity contribution in [3.8, 4) is 0 Å². The van der Waals surface area contributed by atoms with E-state index < -0.39 is 0 Å². The second-order valence-electron chi connectivity index (χ2n) is 9.58. The normalized spacial score (nSPS) is 10.8. The summed E-state index contributed by atoms with van der Waals surface area (Å²) < 4.78 is 0. The number of nitrogens with one attached hydrogen (secondary N) is 2. The molecule has 0 aromatic carbocycles. The first-order valence-electron chi connectivity index (χ1n) is 13.8. The fraction of sp³-hybridized carbons (Fsp3) is 0.926. The average Bonchev–Trinajstić information content (AvgIpc) is 2.77. The first kappa shape index (κ1) is 30.7. The minimum absolute atomic E-state index is 0.0599. The van der Waals surface area contributed by atoms with Crippen LogP contribution in [0, 0.1) is 0 Å². The molecule has 0 aromatic rings. The standard InChI is InChI=1S/C27H55N3O2/c1-4-5-6-7-8-9-10-11-12-13-14-15-16-17-18-21-24-28-27(32)29-25-22-19-20-23-26(31)30(2)3/h4-25H2,1-3H3,(H2,28,29,32). The van der Waals surface area contributed by atoms with Crippen molar-refractivity contribution < 1.29 is 9.59 Å². The molecule has 0 heterocycles. The number of urea groups is 1. The molecule has 2 N–H and O–H groups in total. The van der Waals surface area contributed by atoms with Crippen molar-refractivity contribution in [2.24, 2.45) is 0 Å². The number of amides is 3. The van der Waals surface area contributed by atoms with Crippen LogP contribution in [0.1, 0.15) is 135 Å². The first-order valence-corrected chi connectivity index (χ1v) is 13.8. The summed E-state index contributed by atoms with van der Waals surface area (Å²) in [7, 11) is 3.57. The van der Waals surface area contributed by atoms with Crippen LogP contribution in [0.15, 0.2) is 0 Å². The average molecular weight is 454 g/mol. The fourth-order valence-corrected chi connectivity index (χ4v) is 3.94. The molecular formula is C27H55N3O2. The number of rotatable bonds is 23. The van der Waals surface area contributed by atoms with Crippen LogP contribution in [0.25, 0.3) is 0 Å². The zero-order valence-corrected chi connectivity index (χ0v) is 21.8. The van der Waals surface area contributed by atoms with Crippen LogP contribution in [-0.4, -0.2) is 44.0 Å². The van der Waals surface area contributed by atoms with Gasteiger partial charge in [-0.05, 0) is 19.3 Å². The summed E-state index contributed by atoms with van der Waals surface area (Å²) in [5.41, 5.74) is 0. The summed E-state index contributed by atoms with van der Waals surface area (Å²) in [6, 6.07) is -0.0599. The Morgan fingerprint density at radius 3 is 1.25 bits per heavy atom. The van der Waals surface area contributed by atoms with Crippen molar-refractivity contribution in [2.75, 3.05) is 27.2 Å². The lowest BCUT2D eigenvalue weighted by Gasteiger charge is -2.10. The van der Waals surface area contributed by atoms with Gasteiger partial charge in [-0.25, -0.2) is 4.79 Å². The number of carbonyl (C=O) groups is 2. The molecule has 0 aliphatic carbocycles. The van der Waals surface area contributed by atoms with Crippen molar-refractivity contribution in [3.63, 3.8) is 0 Å². The highest BCUT2D eigenvalue weighted by atomic mass is 16.2. The highest BCUT2D eigenvalue weighted by Crippen LogP contribution is 2.13. The van der Waals surface area contributed by atoms with E-state index in [0.29, 0.717) is 13.0 Å². The van der Waals surface area contributed by atoms with Gasteiger partial charge in [0.2, 0.25) is 5.91 Å². The quantitative estimate of drug-likeness (QED) is 0.161. The van der Waals surface area contributed by atoms with Crippen LogP contribution in [0.2, 0.25) is 0 Å². The molecule has 0 aliphatic rings. The lowest BCUT2D eigenvalue weighted by molar-refractivity contribution is -0.128. The summed E-state index contributed by atoms with van der Waals surface area (Å²) >= 11 is 0. The van der Waals surface area contributed by atoms with E-state index in [1.54, 1.807) is 19.0 Å². The Morgan fingerprint density at radius 1 is 0.531 bits per heavy atom. The van der Waals surface area contributed by atoms with E-state index in [2.05, 4.69) is 17.6 Å². The molecule has 190 valence electrons. The predicted octanol–water partition coefficient (Wildman–Crippen LogP) is 7.20. The minimum Gasteiger partial charge on any atom is -0.349 e. The zero-order valence-electron chi connectivity index (χ0n) is 21.8. The molecule has 3 amide bonds. The topological polar surface area (TPSA) is 61.4 Å². The molecule has 32 heavy (non-hydrogen) atoms. The van der Waals surface area contributed by atoms with Gasteiger partial charge in [0.05, 0.1) is 0 Å². The molecule has 0 saturated heterocycles. The van der Waals surface area contributed by atoms with Crippen molar-refractivity contribution in [1.29, 1.82) is 0 Å². The number of hydrogen-bond acceptors (Lipinski definition) is 2. The van der Waals surface area contributed by atoms with Crippen LogP contribution in [0.3, 0.4) is 0 Å². The van der Waals surface area contributed by atoms with Gasteiger partial charge in [0.25, 0.3) is 0 Å². The van der Waals surface area contributed by atoms with Crippen molar-refractivity contribution in [3.05, 3.63) is 0 Å². The molecule has 0 saturated carbocycles. The summed E-state index contributed by atoms with van der Waals surface area (Å²) in [5, 5.41) is 5.85. The summed E-state index contributed by atoms with van der Waals surface area (Å²) in [5.74, 6) is 0.175. The molecule has 0 aromatic heterocycles. The largest absolute Gasteiger partial charge is 0.349 e. The molecule has 0 radical (unpaired) electrons. The van der Waals surface area contributed by atoms with Crippen LogP contribution in [-0.2, 0) is 4.79 Å². The van der Waals surface area contributed by atoms with E-state index in [0.717, 1.165) is 32.2 Å². The van der Waals surface area contributed by atoms with Crippen molar-refractivity contribution in [1.82, 2.24) is 15.5 Å². The third-order valence-electron chi connectivity index (χ3n) is 6.17. The van der Waals surface area contributed by atoms with E-state index in [1.165, 1.54) is 96.3 Å². The molecule has 0 atom stereocenters. The molecule has 0 rings (SSSR count). The zero-order chi connectivity index (χ0) is 23.7. The van der Waals surface area contributed by atoms with Gasteiger partial charge in [-0.1, -0.05) is 110 Å². The maximum absolute atomic E-state index is 11.8. The molecule has 0 bridgehead atoms. The Morgan fingerprint density at radius 2 is 0.875 bits per heavy atom. The Kier molecular flexibility index (Phi) is 23.4. The predicted molar refractivity (Wildman–Crippen MR) is 138 cm³/mol. The lowest BCUT2D eigenvalue weighted by atomic mass is 10.0. The maximum atomic E-state index is 11.8. The Labute approximate surface area is 199 Å². The highest BCUT2D eigenvalue weighted by Gasteiger charge is 2.03. The molecule has 0 fully saturated rings. The van der Waals surface area contributed by atoms with E-state index in [1.807, 2.05) is 0 Å². The first-order chi connectivity index (χ1) is 15.6. The monoisotopic (exact) mass is 453 g/mol. The summed E-state index contributed by atoms with van der Waals surface area (Å²) in [6.07, 6.45) is 25.2. The summed E-state index contributed by atoms with van der Waals surface area (Å²) in [6.45, 7) is 3.73. The van der Waals surface area contributed by atoms with Gasteiger partial charge < -0.3 is 15.5 Å². The Hall–Kier alpha value is -1.26. The van der Waals surface area contributed by atoms with Gasteiger partial charge in [0.1, 0.15) is 0 Å². The van der Waals surface area contributed by atoms with E-state index >= 15 is 0 Å². The lowest BCUT2D eigenvalue weighted by Crippen LogP contribution is -2.36. The second kappa shape index (κ2) is 24.4. The highest BCUT2D eigenvalue weighted by molar-refractivity contribution is 5.75. The van der Waals surface area contributed by atoms with Gasteiger partial charge in [0, 0.05) is 33.6 Å². The maximum Gasteiger partial charge on any atom is 0.314 e. The number of nitrogens with zero attached hydrogens (tertiary/aromatic N) is 1. The van der Waals surface area contributed by atoms with E-state index in [4.69, 9.17) is 0 Å². The SMILES string of the molecule is CCCCCCCCCCCCCCCCCCNC(=O)NCCCCCC(=O)N(C)C. The smallest absolute Gasteiger partial charge is 0.314 e. The molecule has 5 nitrogen and oxygen atoms in total. The molecular weight excluding hydrogens is 398 g/mol. The van der Waals surface area contributed by atoms with Gasteiger partial charge in [-0.3, -0.25) is 4.79 Å². The number of hydrogen-bond donors (Lipinski definition) is 2. The molecule has 0 spiro atoms. The molecule has 5 heteroatoms. The Balaban J connectivity index is 3.19. The number of carbonyl (C=O) groups excluding carboxylic acids is 2. The van der Waals surface area contributed by atoms with Crippen LogP contribution in [0.5, 0.6) is 0 Å². The van der Waals surface area contributed by atoms with Gasteiger partial charge in [0.15, 0.2) is 0 Å². The molecule has 0 unspecified atom stereocenters.